The maximum absolute atomic E-state index is 13.1. The van der Waals surface area contributed by atoms with Crippen LogP contribution in [0.1, 0.15) is 43.0 Å². The second-order valence-electron chi connectivity index (χ2n) is 8.01. The smallest absolute Gasteiger partial charge is 0.312 e. The summed E-state index contributed by atoms with van der Waals surface area (Å²) < 4.78 is 1.54. The molecule has 0 aliphatic carbocycles. The fourth-order valence-corrected chi connectivity index (χ4v) is 4.07. The van der Waals surface area contributed by atoms with Crippen molar-refractivity contribution in [1.29, 1.82) is 0 Å². The Bertz CT molecular complexity index is 1110. The Balaban J connectivity index is 2.50. The highest BCUT2D eigenvalue weighted by Gasteiger charge is 2.29. The number of benzene rings is 2. The number of rotatable bonds is 5. The van der Waals surface area contributed by atoms with Gasteiger partial charge in [0.05, 0.1) is 5.92 Å². The summed E-state index contributed by atoms with van der Waals surface area (Å²) in [7, 11) is 1.69. The van der Waals surface area contributed by atoms with Crippen LogP contribution in [0, 0.1) is 19.8 Å². The Hall–Kier alpha value is -2.88. The summed E-state index contributed by atoms with van der Waals surface area (Å²) in [5.41, 5.74) is 4.46. The van der Waals surface area contributed by atoms with E-state index in [2.05, 4.69) is 6.07 Å². The van der Waals surface area contributed by atoms with E-state index < -0.39 is 11.9 Å². The SMILES string of the molecule is Cc1ccc(-c2c(C(CC(C)C)C(=O)O)n(C)c(=O)c3ccccc23)c(C)c1. The highest BCUT2D eigenvalue weighted by Crippen LogP contribution is 2.38. The minimum absolute atomic E-state index is 0.158. The number of aliphatic carboxylic acids is 1. The van der Waals surface area contributed by atoms with Crippen LogP contribution in [0.2, 0.25) is 0 Å². The first-order valence-corrected chi connectivity index (χ1v) is 9.64. The molecular formula is C24H27NO3. The van der Waals surface area contributed by atoms with Crippen LogP contribution in [0.4, 0.5) is 0 Å². The lowest BCUT2D eigenvalue weighted by molar-refractivity contribution is -0.139. The molecule has 4 heteroatoms. The molecule has 1 heterocycles. The van der Waals surface area contributed by atoms with Gasteiger partial charge < -0.3 is 9.67 Å². The standard InChI is InChI=1S/C24H27NO3/c1-14(2)12-20(24(27)28)22-21(17-11-10-15(3)13-16(17)4)18-8-6-7-9-19(18)23(26)25(22)5/h6-11,13-14,20H,12H2,1-5H3,(H,27,28). The predicted octanol–water partition coefficient (Wildman–Crippen LogP) is 5.04. The van der Waals surface area contributed by atoms with Gasteiger partial charge in [-0.25, -0.2) is 0 Å². The Kier molecular flexibility index (Phi) is 5.41. The number of aromatic nitrogens is 1. The van der Waals surface area contributed by atoms with Crippen molar-refractivity contribution in [2.75, 3.05) is 0 Å². The van der Waals surface area contributed by atoms with E-state index in [1.807, 2.05) is 64.1 Å². The van der Waals surface area contributed by atoms with Gasteiger partial charge in [-0.1, -0.05) is 55.8 Å². The fourth-order valence-electron chi connectivity index (χ4n) is 4.07. The quantitative estimate of drug-likeness (QED) is 0.678. The first-order valence-electron chi connectivity index (χ1n) is 9.64. The van der Waals surface area contributed by atoms with Crippen LogP contribution in [0.3, 0.4) is 0 Å². The van der Waals surface area contributed by atoms with Gasteiger partial charge in [0.25, 0.3) is 5.56 Å². The summed E-state index contributed by atoms with van der Waals surface area (Å²) in [4.78, 5) is 25.3. The molecule has 0 aliphatic rings. The Morgan fingerprint density at radius 3 is 2.29 bits per heavy atom. The van der Waals surface area contributed by atoms with Crippen molar-refractivity contribution in [3.05, 3.63) is 69.6 Å². The largest absolute Gasteiger partial charge is 0.481 e. The number of carbonyl (C=O) groups is 1. The minimum Gasteiger partial charge on any atom is -0.481 e. The number of hydrogen-bond donors (Lipinski definition) is 1. The zero-order valence-electron chi connectivity index (χ0n) is 17.1. The third-order valence-electron chi connectivity index (χ3n) is 5.34. The number of fused-ring (bicyclic) bond motifs is 1. The van der Waals surface area contributed by atoms with E-state index in [9.17, 15) is 14.7 Å². The average molecular weight is 377 g/mol. The lowest BCUT2D eigenvalue weighted by Gasteiger charge is -2.24. The second-order valence-corrected chi connectivity index (χ2v) is 8.01. The molecule has 1 aromatic heterocycles. The molecule has 2 aromatic carbocycles. The molecule has 3 aromatic rings. The fraction of sp³-hybridized carbons (Fsp3) is 0.333. The number of pyridine rings is 1. The van der Waals surface area contributed by atoms with Crippen LogP contribution < -0.4 is 5.56 Å². The van der Waals surface area contributed by atoms with Crippen LogP contribution in [-0.4, -0.2) is 15.6 Å². The van der Waals surface area contributed by atoms with Crippen LogP contribution in [0.15, 0.2) is 47.3 Å². The molecule has 0 amide bonds. The minimum atomic E-state index is -0.898. The van der Waals surface area contributed by atoms with Crippen molar-refractivity contribution >= 4 is 16.7 Å². The van der Waals surface area contributed by atoms with Crippen molar-refractivity contribution in [1.82, 2.24) is 4.57 Å². The molecule has 146 valence electrons. The van der Waals surface area contributed by atoms with Crippen LogP contribution in [0.5, 0.6) is 0 Å². The zero-order valence-corrected chi connectivity index (χ0v) is 17.1. The normalized spacial score (nSPS) is 12.5. The summed E-state index contributed by atoms with van der Waals surface area (Å²) >= 11 is 0. The van der Waals surface area contributed by atoms with Crippen LogP contribution in [0.25, 0.3) is 21.9 Å². The summed E-state index contributed by atoms with van der Waals surface area (Å²) in [6, 6.07) is 13.6. The molecular weight excluding hydrogens is 350 g/mol. The van der Waals surface area contributed by atoms with E-state index in [0.717, 1.165) is 27.6 Å². The van der Waals surface area contributed by atoms with E-state index in [0.29, 0.717) is 17.5 Å². The first-order chi connectivity index (χ1) is 13.2. The average Bonchev–Trinajstić information content (AvgIpc) is 2.63. The molecule has 0 bridgehead atoms. The van der Waals surface area contributed by atoms with E-state index in [1.54, 1.807) is 7.05 Å². The first kappa shape index (κ1) is 19.9. The molecule has 1 unspecified atom stereocenters. The topological polar surface area (TPSA) is 59.3 Å². The monoisotopic (exact) mass is 377 g/mol. The number of carboxylic acids is 1. The predicted molar refractivity (Wildman–Crippen MR) is 114 cm³/mol. The molecule has 1 N–H and O–H groups in total. The lowest BCUT2D eigenvalue weighted by Crippen LogP contribution is -2.27. The molecule has 4 nitrogen and oxygen atoms in total. The molecule has 0 radical (unpaired) electrons. The van der Waals surface area contributed by atoms with Crippen LogP contribution >= 0.6 is 0 Å². The molecule has 3 rings (SSSR count). The van der Waals surface area contributed by atoms with Gasteiger partial charge in [0, 0.05) is 23.7 Å². The summed E-state index contributed by atoms with van der Waals surface area (Å²) in [5.74, 6) is -1.46. The molecule has 0 saturated carbocycles. The molecule has 0 aliphatic heterocycles. The summed E-state index contributed by atoms with van der Waals surface area (Å²) in [6.45, 7) is 8.08. The molecule has 0 spiro atoms. The van der Waals surface area contributed by atoms with Gasteiger partial charge in [0.15, 0.2) is 0 Å². The second kappa shape index (κ2) is 7.63. The van der Waals surface area contributed by atoms with Gasteiger partial charge in [0.1, 0.15) is 0 Å². The maximum atomic E-state index is 13.1. The number of carboxylic acid groups (broad SMARTS) is 1. The summed E-state index contributed by atoms with van der Waals surface area (Å²) in [5, 5.41) is 11.4. The van der Waals surface area contributed by atoms with E-state index >= 15 is 0 Å². The lowest BCUT2D eigenvalue weighted by atomic mass is 9.85. The van der Waals surface area contributed by atoms with Crippen molar-refractivity contribution in [2.45, 2.75) is 40.0 Å². The Morgan fingerprint density at radius 1 is 1.07 bits per heavy atom. The molecule has 1 atom stereocenters. The molecule has 28 heavy (non-hydrogen) atoms. The van der Waals surface area contributed by atoms with Gasteiger partial charge in [-0.2, -0.15) is 0 Å². The van der Waals surface area contributed by atoms with E-state index in [1.165, 1.54) is 4.57 Å². The van der Waals surface area contributed by atoms with Gasteiger partial charge in [-0.05, 0) is 48.8 Å². The molecule has 0 saturated heterocycles. The highest BCUT2D eigenvalue weighted by atomic mass is 16.4. The molecule has 0 fully saturated rings. The van der Waals surface area contributed by atoms with Crippen LogP contribution in [-0.2, 0) is 11.8 Å². The summed E-state index contributed by atoms with van der Waals surface area (Å²) in [6.07, 6.45) is 0.471. The third kappa shape index (κ3) is 3.47. The number of hydrogen-bond acceptors (Lipinski definition) is 2. The van der Waals surface area contributed by atoms with Crippen molar-refractivity contribution in [3.63, 3.8) is 0 Å². The van der Waals surface area contributed by atoms with Gasteiger partial charge in [-0.15, -0.1) is 0 Å². The van der Waals surface area contributed by atoms with Gasteiger partial charge >= 0.3 is 5.97 Å². The third-order valence-corrected chi connectivity index (χ3v) is 5.34. The van der Waals surface area contributed by atoms with E-state index in [-0.39, 0.29) is 11.5 Å². The van der Waals surface area contributed by atoms with Gasteiger partial charge in [-0.3, -0.25) is 9.59 Å². The Morgan fingerprint density at radius 2 is 1.71 bits per heavy atom. The van der Waals surface area contributed by atoms with Crippen molar-refractivity contribution < 1.29 is 9.90 Å². The van der Waals surface area contributed by atoms with Gasteiger partial charge in [0.2, 0.25) is 0 Å². The van der Waals surface area contributed by atoms with E-state index in [4.69, 9.17) is 0 Å². The van der Waals surface area contributed by atoms with Crippen molar-refractivity contribution in [3.8, 4) is 11.1 Å². The zero-order chi connectivity index (χ0) is 20.6. The highest BCUT2D eigenvalue weighted by molar-refractivity contribution is 5.99. The Labute approximate surface area is 165 Å². The number of nitrogens with zero attached hydrogens (tertiary/aromatic N) is 1. The maximum Gasteiger partial charge on any atom is 0.312 e. The van der Waals surface area contributed by atoms with Crippen molar-refractivity contribution in [2.24, 2.45) is 13.0 Å². The number of aryl methyl sites for hydroxylation is 2.